The smallest absolute Gasteiger partial charge is 0.338 e. The maximum atomic E-state index is 11.5. The van der Waals surface area contributed by atoms with E-state index < -0.39 is 0 Å². The van der Waals surface area contributed by atoms with Crippen LogP contribution in [0.3, 0.4) is 0 Å². The van der Waals surface area contributed by atoms with E-state index in [1.54, 1.807) is 12.1 Å². The number of benzene rings is 1. The zero-order valence-corrected chi connectivity index (χ0v) is 10.8. The Kier molecular flexibility index (Phi) is 5.53. The van der Waals surface area contributed by atoms with Gasteiger partial charge in [0.2, 0.25) is 0 Å². The molecule has 17 heavy (non-hydrogen) atoms. The van der Waals surface area contributed by atoms with Crippen LogP contribution < -0.4 is 5.32 Å². The van der Waals surface area contributed by atoms with E-state index in [9.17, 15) is 4.79 Å². The molecule has 0 unspecified atom stereocenters. The quantitative estimate of drug-likeness (QED) is 0.769. The maximum absolute atomic E-state index is 11.5. The third-order valence-corrected chi connectivity index (χ3v) is 2.27. The van der Waals surface area contributed by atoms with Gasteiger partial charge in [-0.05, 0) is 36.6 Å². The third-order valence-electron chi connectivity index (χ3n) is 2.27. The van der Waals surface area contributed by atoms with Crippen molar-refractivity contribution in [3.05, 3.63) is 29.8 Å². The van der Waals surface area contributed by atoms with Gasteiger partial charge in [-0.3, -0.25) is 0 Å². The van der Waals surface area contributed by atoms with Crippen LogP contribution in [0.4, 0.5) is 5.69 Å². The number of esters is 1. The molecule has 0 saturated carbocycles. The van der Waals surface area contributed by atoms with Crippen molar-refractivity contribution in [1.29, 1.82) is 0 Å². The lowest BCUT2D eigenvalue weighted by atomic mass is 10.2. The molecule has 3 heteroatoms. The fourth-order valence-electron chi connectivity index (χ4n) is 1.32. The highest BCUT2D eigenvalue weighted by molar-refractivity contribution is 5.89. The van der Waals surface area contributed by atoms with Gasteiger partial charge in [0.25, 0.3) is 0 Å². The first-order valence-electron chi connectivity index (χ1n) is 6.14. The number of hydrogen-bond donors (Lipinski definition) is 1. The number of carbonyl (C=O) groups excluding carboxylic acids is 1. The molecule has 94 valence electrons. The first-order valence-corrected chi connectivity index (χ1v) is 6.14. The van der Waals surface area contributed by atoms with Crippen molar-refractivity contribution in [2.45, 2.75) is 27.2 Å². The number of rotatable bonds is 6. The fraction of sp³-hybridized carbons (Fsp3) is 0.500. The molecule has 1 aromatic rings. The van der Waals surface area contributed by atoms with E-state index in [1.165, 1.54) is 0 Å². The minimum Gasteiger partial charge on any atom is -0.462 e. The standard InChI is InChI=1S/C14H21NO2/c1-4-9-17-14(16)12-5-7-13(8-6-12)15-10-11(2)3/h5-8,11,15H,4,9-10H2,1-3H3. The highest BCUT2D eigenvalue weighted by atomic mass is 16.5. The Morgan fingerprint density at radius 1 is 1.29 bits per heavy atom. The van der Waals surface area contributed by atoms with Gasteiger partial charge in [0.05, 0.1) is 12.2 Å². The number of ether oxygens (including phenoxy) is 1. The van der Waals surface area contributed by atoms with Gasteiger partial charge < -0.3 is 10.1 Å². The number of nitrogens with one attached hydrogen (secondary N) is 1. The molecular weight excluding hydrogens is 214 g/mol. The Hall–Kier alpha value is -1.51. The second-order valence-corrected chi connectivity index (χ2v) is 4.49. The number of carbonyl (C=O) groups is 1. The van der Waals surface area contributed by atoms with Gasteiger partial charge in [-0.15, -0.1) is 0 Å². The van der Waals surface area contributed by atoms with Crippen LogP contribution in [-0.2, 0) is 4.74 Å². The van der Waals surface area contributed by atoms with Crippen LogP contribution in [0.1, 0.15) is 37.6 Å². The number of anilines is 1. The zero-order valence-electron chi connectivity index (χ0n) is 10.8. The zero-order chi connectivity index (χ0) is 12.7. The lowest BCUT2D eigenvalue weighted by Gasteiger charge is -2.09. The predicted molar refractivity (Wildman–Crippen MR) is 70.3 cm³/mol. The van der Waals surface area contributed by atoms with Crippen molar-refractivity contribution in [2.75, 3.05) is 18.5 Å². The van der Waals surface area contributed by atoms with E-state index in [0.29, 0.717) is 18.1 Å². The van der Waals surface area contributed by atoms with Crippen molar-refractivity contribution in [3.8, 4) is 0 Å². The summed E-state index contributed by atoms with van der Waals surface area (Å²) in [5.74, 6) is 0.353. The molecule has 0 aliphatic carbocycles. The highest BCUT2D eigenvalue weighted by Gasteiger charge is 2.05. The Bertz CT molecular complexity index is 344. The summed E-state index contributed by atoms with van der Waals surface area (Å²) in [6, 6.07) is 7.40. The van der Waals surface area contributed by atoms with Gasteiger partial charge in [-0.2, -0.15) is 0 Å². The van der Waals surface area contributed by atoms with Crippen molar-refractivity contribution in [2.24, 2.45) is 5.92 Å². The molecule has 0 aliphatic heterocycles. The van der Waals surface area contributed by atoms with Crippen molar-refractivity contribution in [1.82, 2.24) is 0 Å². The second kappa shape index (κ2) is 6.94. The van der Waals surface area contributed by atoms with Gasteiger partial charge >= 0.3 is 5.97 Å². The molecule has 1 aromatic carbocycles. The van der Waals surface area contributed by atoms with Crippen LogP contribution in [0.15, 0.2) is 24.3 Å². The Labute approximate surface area is 103 Å². The van der Waals surface area contributed by atoms with Crippen LogP contribution in [0.2, 0.25) is 0 Å². The van der Waals surface area contributed by atoms with Gasteiger partial charge in [-0.25, -0.2) is 4.79 Å². The van der Waals surface area contributed by atoms with Crippen molar-refractivity contribution in [3.63, 3.8) is 0 Å². The molecule has 1 rings (SSSR count). The summed E-state index contributed by atoms with van der Waals surface area (Å²) in [5.41, 5.74) is 1.64. The van der Waals surface area contributed by atoms with Crippen molar-refractivity contribution >= 4 is 11.7 Å². The average molecular weight is 235 g/mol. The minimum absolute atomic E-state index is 0.248. The van der Waals surface area contributed by atoms with E-state index in [1.807, 2.05) is 19.1 Å². The largest absolute Gasteiger partial charge is 0.462 e. The first-order chi connectivity index (χ1) is 8.13. The van der Waals surface area contributed by atoms with Crippen LogP contribution in [-0.4, -0.2) is 19.1 Å². The lowest BCUT2D eigenvalue weighted by molar-refractivity contribution is 0.0505. The fourth-order valence-corrected chi connectivity index (χ4v) is 1.32. The summed E-state index contributed by atoms with van der Waals surface area (Å²) < 4.78 is 5.06. The first kappa shape index (κ1) is 13.6. The van der Waals surface area contributed by atoms with E-state index in [2.05, 4.69) is 19.2 Å². The summed E-state index contributed by atoms with van der Waals surface area (Å²) in [7, 11) is 0. The van der Waals surface area contributed by atoms with Gasteiger partial charge in [0.1, 0.15) is 0 Å². The average Bonchev–Trinajstić information content (AvgIpc) is 2.34. The molecule has 0 bridgehead atoms. The van der Waals surface area contributed by atoms with Crippen LogP contribution in [0, 0.1) is 5.92 Å². The van der Waals surface area contributed by atoms with Gasteiger partial charge in [0, 0.05) is 12.2 Å². The molecule has 0 atom stereocenters. The van der Waals surface area contributed by atoms with Crippen LogP contribution in [0.5, 0.6) is 0 Å². The van der Waals surface area contributed by atoms with E-state index >= 15 is 0 Å². The molecule has 0 aromatic heterocycles. The SMILES string of the molecule is CCCOC(=O)c1ccc(NCC(C)C)cc1. The molecule has 0 radical (unpaired) electrons. The normalized spacial score (nSPS) is 10.4. The molecule has 1 N–H and O–H groups in total. The Morgan fingerprint density at radius 2 is 1.94 bits per heavy atom. The summed E-state index contributed by atoms with van der Waals surface area (Å²) in [5, 5.41) is 3.30. The molecule has 0 spiro atoms. The molecule has 0 fully saturated rings. The highest BCUT2D eigenvalue weighted by Crippen LogP contribution is 2.11. The predicted octanol–water partition coefficient (Wildman–Crippen LogP) is 3.32. The Balaban J connectivity index is 2.52. The Morgan fingerprint density at radius 3 is 2.47 bits per heavy atom. The number of hydrogen-bond acceptors (Lipinski definition) is 3. The summed E-state index contributed by atoms with van der Waals surface area (Å²) in [6.45, 7) is 7.70. The van der Waals surface area contributed by atoms with Crippen molar-refractivity contribution < 1.29 is 9.53 Å². The molecule has 0 saturated heterocycles. The molecule has 0 aliphatic rings. The monoisotopic (exact) mass is 235 g/mol. The van der Waals surface area contributed by atoms with Gasteiger partial charge in [-0.1, -0.05) is 20.8 Å². The molecule has 3 nitrogen and oxygen atoms in total. The molecular formula is C14H21NO2. The summed E-state index contributed by atoms with van der Waals surface area (Å²) >= 11 is 0. The topological polar surface area (TPSA) is 38.3 Å². The lowest BCUT2D eigenvalue weighted by Crippen LogP contribution is -2.09. The van der Waals surface area contributed by atoms with E-state index in [-0.39, 0.29) is 5.97 Å². The maximum Gasteiger partial charge on any atom is 0.338 e. The summed E-state index contributed by atoms with van der Waals surface area (Å²) in [6.07, 6.45) is 0.847. The van der Waals surface area contributed by atoms with Crippen LogP contribution >= 0.6 is 0 Å². The van der Waals surface area contributed by atoms with E-state index in [4.69, 9.17) is 4.74 Å². The van der Waals surface area contributed by atoms with E-state index in [0.717, 1.165) is 18.7 Å². The van der Waals surface area contributed by atoms with Crippen LogP contribution in [0.25, 0.3) is 0 Å². The molecule has 0 amide bonds. The second-order valence-electron chi connectivity index (χ2n) is 4.49. The molecule has 0 heterocycles. The third kappa shape index (κ3) is 4.89. The van der Waals surface area contributed by atoms with Gasteiger partial charge in [0.15, 0.2) is 0 Å². The summed E-state index contributed by atoms with van der Waals surface area (Å²) in [4.78, 5) is 11.5. The minimum atomic E-state index is -0.248.